The molecule has 0 fully saturated rings. The Labute approximate surface area is 429 Å². The van der Waals surface area contributed by atoms with Gasteiger partial charge in [0.05, 0.1) is 0 Å². The standard InChI is InChI=1S/C68H81BN2/c1-40-31-58-60-59(32-40)71(43-21-24-46-49(35-43)63(7,8)26-25-62(46,5)6)57-39-53-51(65(11,12)28-30-67(53,15)16)37-55(57)69(60)54-36-50-52(66(13,14)29-27-64(50,9)10)38-56(54)70(58)42-20-23-45-44-22-19-41(61(2,3)4)33-47(44)68(17,18)48(45)34-42/h19-24,31-39H,25-30H2,1-18H3. The van der Waals surface area contributed by atoms with Crippen molar-refractivity contribution >= 4 is 57.2 Å². The molecule has 6 aliphatic rings. The molecular weight excluding hydrogens is 856 g/mol. The van der Waals surface area contributed by atoms with Crippen molar-refractivity contribution in [3.05, 3.63) is 147 Å². The van der Waals surface area contributed by atoms with E-state index in [0.717, 1.165) is 0 Å². The lowest BCUT2D eigenvalue weighted by Crippen LogP contribution is -2.62. The van der Waals surface area contributed by atoms with E-state index in [2.05, 4.69) is 225 Å². The zero-order valence-electron chi connectivity index (χ0n) is 46.9. The molecule has 0 amide bonds. The third-order valence-electron chi connectivity index (χ3n) is 20.0. The van der Waals surface area contributed by atoms with Crippen LogP contribution in [0.4, 0.5) is 34.1 Å². The summed E-state index contributed by atoms with van der Waals surface area (Å²) < 4.78 is 0. The number of nitrogens with zero attached hydrogens (tertiary/aromatic N) is 2. The first kappa shape index (κ1) is 47.0. The Bertz CT molecular complexity index is 3300. The van der Waals surface area contributed by atoms with Crippen LogP contribution in [0.5, 0.6) is 0 Å². The average Bonchev–Trinajstić information content (AvgIpc) is 3.51. The van der Waals surface area contributed by atoms with Gasteiger partial charge in [-0.15, -0.1) is 0 Å². The number of hydrogen-bond donors (Lipinski definition) is 0. The maximum Gasteiger partial charge on any atom is 0.252 e. The lowest BCUT2D eigenvalue weighted by Gasteiger charge is -2.49. The molecule has 0 N–H and O–H groups in total. The molecule has 6 aromatic carbocycles. The molecule has 0 bridgehead atoms. The van der Waals surface area contributed by atoms with Gasteiger partial charge in [-0.1, -0.05) is 160 Å². The Morgan fingerprint density at radius 2 is 0.746 bits per heavy atom. The molecular formula is C68H81BN2. The van der Waals surface area contributed by atoms with E-state index in [0.29, 0.717) is 0 Å². The largest absolute Gasteiger partial charge is 0.311 e. The van der Waals surface area contributed by atoms with Crippen molar-refractivity contribution in [2.75, 3.05) is 9.80 Å². The highest BCUT2D eigenvalue weighted by Crippen LogP contribution is 2.56. The molecule has 0 atom stereocenters. The minimum Gasteiger partial charge on any atom is -0.311 e. The van der Waals surface area contributed by atoms with Gasteiger partial charge in [-0.25, -0.2) is 0 Å². The topological polar surface area (TPSA) is 6.48 Å². The Hall–Kier alpha value is -5.02. The van der Waals surface area contributed by atoms with E-state index >= 15 is 0 Å². The predicted molar refractivity (Wildman–Crippen MR) is 307 cm³/mol. The average molecular weight is 937 g/mol. The second-order valence-corrected chi connectivity index (χ2v) is 29.1. The fourth-order valence-electron chi connectivity index (χ4n) is 14.9. The van der Waals surface area contributed by atoms with Crippen LogP contribution in [0.2, 0.25) is 0 Å². The number of benzene rings is 6. The molecule has 0 spiro atoms. The first-order valence-electron chi connectivity index (χ1n) is 27.5. The third kappa shape index (κ3) is 6.64. The minimum absolute atomic E-state index is 0.0562. The highest BCUT2D eigenvalue weighted by atomic mass is 15.2. The molecule has 2 heterocycles. The third-order valence-corrected chi connectivity index (χ3v) is 20.0. The monoisotopic (exact) mass is 937 g/mol. The first-order chi connectivity index (χ1) is 32.9. The van der Waals surface area contributed by atoms with Crippen LogP contribution in [0.3, 0.4) is 0 Å². The van der Waals surface area contributed by atoms with Crippen LogP contribution in [0.15, 0.2) is 91.0 Å². The maximum atomic E-state index is 2.73. The fraction of sp³-hybridized carbons (Fsp3) is 0.471. The molecule has 71 heavy (non-hydrogen) atoms. The van der Waals surface area contributed by atoms with Gasteiger partial charge < -0.3 is 9.80 Å². The van der Waals surface area contributed by atoms with E-state index < -0.39 is 0 Å². The summed E-state index contributed by atoms with van der Waals surface area (Å²) in [7, 11) is 0. The number of rotatable bonds is 2. The summed E-state index contributed by atoms with van der Waals surface area (Å²) in [4.78, 5) is 5.46. The summed E-state index contributed by atoms with van der Waals surface area (Å²) in [5, 5.41) is 0. The van der Waals surface area contributed by atoms with Gasteiger partial charge in [0.2, 0.25) is 0 Å². The van der Waals surface area contributed by atoms with E-state index in [1.165, 1.54) is 156 Å². The molecule has 0 saturated heterocycles. The molecule has 2 aliphatic heterocycles. The van der Waals surface area contributed by atoms with Crippen LogP contribution in [-0.4, -0.2) is 6.71 Å². The second-order valence-electron chi connectivity index (χ2n) is 29.1. The Balaban J connectivity index is 1.18. The van der Waals surface area contributed by atoms with Crippen molar-refractivity contribution in [1.82, 2.24) is 0 Å². The summed E-state index contributed by atoms with van der Waals surface area (Å²) in [6, 6.07) is 38.3. The van der Waals surface area contributed by atoms with Gasteiger partial charge in [-0.2, -0.15) is 0 Å². The number of aryl methyl sites for hydroxylation is 1. The molecule has 4 aliphatic carbocycles. The van der Waals surface area contributed by atoms with Gasteiger partial charge in [-0.3, -0.25) is 0 Å². The van der Waals surface area contributed by atoms with Crippen molar-refractivity contribution < 1.29 is 0 Å². The molecule has 0 unspecified atom stereocenters. The summed E-state index contributed by atoms with van der Waals surface area (Å²) in [5.74, 6) is 0. The summed E-state index contributed by atoms with van der Waals surface area (Å²) in [5.41, 5.74) is 30.1. The Morgan fingerprint density at radius 1 is 0.380 bits per heavy atom. The van der Waals surface area contributed by atoms with Crippen molar-refractivity contribution in [3.8, 4) is 11.1 Å². The van der Waals surface area contributed by atoms with Crippen molar-refractivity contribution in [2.45, 2.75) is 206 Å². The maximum absolute atomic E-state index is 2.73. The number of anilines is 6. The van der Waals surface area contributed by atoms with E-state index in [1.807, 2.05) is 0 Å². The van der Waals surface area contributed by atoms with Gasteiger partial charge in [0.25, 0.3) is 6.71 Å². The lowest BCUT2D eigenvalue weighted by molar-refractivity contribution is 0.332. The zero-order chi connectivity index (χ0) is 50.7. The zero-order valence-corrected chi connectivity index (χ0v) is 46.9. The number of fused-ring (bicyclic) bond motifs is 10. The van der Waals surface area contributed by atoms with Crippen LogP contribution in [0.1, 0.15) is 212 Å². The molecule has 12 rings (SSSR count). The highest BCUT2D eigenvalue weighted by Gasteiger charge is 2.49. The van der Waals surface area contributed by atoms with Crippen LogP contribution in [0.25, 0.3) is 11.1 Å². The molecule has 0 aromatic heterocycles. The summed E-state index contributed by atoms with van der Waals surface area (Å²) in [6.07, 6.45) is 7.14. The van der Waals surface area contributed by atoms with E-state index in [9.17, 15) is 0 Å². The fourth-order valence-corrected chi connectivity index (χ4v) is 14.9. The molecule has 366 valence electrons. The molecule has 3 heteroatoms. The van der Waals surface area contributed by atoms with Gasteiger partial charge in [0.1, 0.15) is 0 Å². The SMILES string of the molecule is Cc1cc2c3c(c1)N(c1ccc4c(c1)C(C)(C)c1cc(C(C)(C)C)ccc1-4)c1cc4c(cc1B3c1cc3c(cc1N2c1ccc2c(c1)C(C)(C)CCC2(C)C)C(C)(C)CCC3(C)C)C(C)(C)CCC4(C)C. The lowest BCUT2D eigenvalue weighted by atomic mass is 9.32. The molecule has 0 saturated carbocycles. The second kappa shape index (κ2) is 14.4. The molecule has 2 nitrogen and oxygen atoms in total. The van der Waals surface area contributed by atoms with Gasteiger partial charge in [0.15, 0.2) is 0 Å². The summed E-state index contributed by atoms with van der Waals surface area (Å²) in [6.45, 7) is 44.3. The normalized spacial score (nSPS) is 21.5. The first-order valence-corrected chi connectivity index (χ1v) is 27.5. The van der Waals surface area contributed by atoms with Crippen LogP contribution < -0.4 is 26.2 Å². The van der Waals surface area contributed by atoms with E-state index in [1.54, 1.807) is 0 Å². The van der Waals surface area contributed by atoms with Crippen LogP contribution >= 0.6 is 0 Å². The smallest absolute Gasteiger partial charge is 0.252 e. The van der Waals surface area contributed by atoms with Gasteiger partial charge in [-0.05, 0) is 215 Å². The Kier molecular flexibility index (Phi) is 9.53. The van der Waals surface area contributed by atoms with E-state index in [4.69, 9.17) is 0 Å². The number of hydrogen-bond acceptors (Lipinski definition) is 2. The van der Waals surface area contributed by atoms with E-state index in [-0.39, 0.29) is 50.0 Å². The van der Waals surface area contributed by atoms with Crippen molar-refractivity contribution in [3.63, 3.8) is 0 Å². The quantitative estimate of drug-likeness (QED) is 0.159. The van der Waals surface area contributed by atoms with Crippen molar-refractivity contribution in [2.24, 2.45) is 0 Å². The predicted octanol–water partition coefficient (Wildman–Crippen LogP) is 16.7. The highest BCUT2D eigenvalue weighted by molar-refractivity contribution is 7.00. The van der Waals surface area contributed by atoms with Gasteiger partial charge >= 0.3 is 0 Å². The van der Waals surface area contributed by atoms with Crippen LogP contribution in [-0.2, 0) is 43.3 Å². The molecule has 6 aromatic rings. The minimum atomic E-state index is -0.152. The Morgan fingerprint density at radius 3 is 1.20 bits per heavy atom. The summed E-state index contributed by atoms with van der Waals surface area (Å²) >= 11 is 0. The van der Waals surface area contributed by atoms with Crippen LogP contribution in [0, 0.1) is 6.92 Å². The van der Waals surface area contributed by atoms with Gasteiger partial charge in [0, 0.05) is 39.5 Å². The molecule has 0 radical (unpaired) electrons. The van der Waals surface area contributed by atoms with Crippen molar-refractivity contribution in [1.29, 1.82) is 0 Å².